The van der Waals surface area contributed by atoms with E-state index in [0.29, 0.717) is 18.1 Å². The lowest BCUT2D eigenvalue weighted by Gasteiger charge is -2.39. The third-order valence-corrected chi connectivity index (χ3v) is 5.40. The molecule has 0 bridgehead atoms. The summed E-state index contributed by atoms with van der Waals surface area (Å²) in [5, 5.41) is 6.82. The number of rotatable bonds is 8. The molecule has 5 nitrogen and oxygen atoms in total. The van der Waals surface area contributed by atoms with Gasteiger partial charge in [0.2, 0.25) is 0 Å². The molecule has 2 unspecified atom stereocenters. The number of hydrogen-bond acceptors (Lipinski definition) is 3. The molecular formula is C21H42IN3O2. The average molecular weight is 495 g/mol. The minimum Gasteiger partial charge on any atom is -0.378 e. The van der Waals surface area contributed by atoms with Crippen molar-refractivity contribution in [2.45, 2.75) is 84.8 Å². The van der Waals surface area contributed by atoms with Gasteiger partial charge in [0.1, 0.15) is 0 Å². The van der Waals surface area contributed by atoms with E-state index >= 15 is 0 Å². The smallest absolute Gasteiger partial charge is 0.191 e. The van der Waals surface area contributed by atoms with Gasteiger partial charge in [-0.15, -0.1) is 24.0 Å². The predicted molar refractivity (Wildman–Crippen MR) is 124 cm³/mol. The van der Waals surface area contributed by atoms with Gasteiger partial charge in [0.25, 0.3) is 0 Å². The molecule has 0 radical (unpaired) electrons. The molecule has 1 saturated carbocycles. The lowest BCUT2D eigenvalue weighted by atomic mass is 9.78. The standard InChI is InChI=1S/C21H41N3O2.HI/c1-5-22-20(23-13-9-15-25-18-11-6-7-12-18)24-16-17-10-8-14-26-19(17)21(2,3)4;/h17-19H,5-16H2,1-4H3,(H2,22,23,24);1H. The number of nitrogens with one attached hydrogen (secondary N) is 2. The normalized spacial score (nSPS) is 24.5. The highest BCUT2D eigenvalue weighted by Crippen LogP contribution is 2.34. The Morgan fingerprint density at radius 2 is 1.85 bits per heavy atom. The number of halogens is 1. The van der Waals surface area contributed by atoms with Gasteiger partial charge in [-0.3, -0.25) is 4.99 Å². The molecule has 2 fully saturated rings. The van der Waals surface area contributed by atoms with Crippen LogP contribution in [0.3, 0.4) is 0 Å². The minimum atomic E-state index is 0. The highest BCUT2D eigenvalue weighted by atomic mass is 127. The van der Waals surface area contributed by atoms with Crippen LogP contribution in [0.5, 0.6) is 0 Å². The van der Waals surface area contributed by atoms with E-state index in [1.54, 1.807) is 0 Å². The first-order chi connectivity index (χ1) is 12.5. The highest BCUT2D eigenvalue weighted by molar-refractivity contribution is 14.0. The van der Waals surface area contributed by atoms with Crippen LogP contribution in [-0.4, -0.2) is 51.0 Å². The largest absolute Gasteiger partial charge is 0.378 e. The average Bonchev–Trinajstić information content (AvgIpc) is 3.12. The van der Waals surface area contributed by atoms with Crippen LogP contribution in [0.4, 0.5) is 0 Å². The molecule has 2 aliphatic rings. The van der Waals surface area contributed by atoms with Crippen LogP contribution >= 0.6 is 24.0 Å². The third-order valence-electron chi connectivity index (χ3n) is 5.40. The Hall–Kier alpha value is -0.0800. The maximum absolute atomic E-state index is 6.08. The zero-order valence-electron chi connectivity index (χ0n) is 17.9. The molecule has 1 aliphatic carbocycles. The summed E-state index contributed by atoms with van der Waals surface area (Å²) in [6, 6.07) is 0. The van der Waals surface area contributed by atoms with Gasteiger partial charge in [0, 0.05) is 38.8 Å². The van der Waals surface area contributed by atoms with Gasteiger partial charge in [-0.2, -0.15) is 0 Å². The molecule has 1 saturated heterocycles. The zero-order chi connectivity index (χ0) is 18.8. The fourth-order valence-electron chi connectivity index (χ4n) is 4.12. The summed E-state index contributed by atoms with van der Waals surface area (Å²) in [5.41, 5.74) is 0.171. The van der Waals surface area contributed by atoms with Crippen molar-refractivity contribution in [2.24, 2.45) is 16.3 Å². The van der Waals surface area contributed by atoms with Gasteiger partial charge in [0.05, 0.1) is 12.2 Å². The van der Waals surface area contributed by atoms with Gasteiger partial charge in [-0.1, -0.05) is 33.6 Å². The number of ether oxygens (including phenoxy) is 2. The summed E-state index contributed by atoms with van der Waals surface area (Å²) < 4.78 is 12.0. The van der Waals surface area contributed by atoms with Crippen LogP contribution in [0.15, 0.2) is 4.99 Å². The van der Waals surface area contributed by atoms with Crippen LogP contribution in [0.2, 0.25) is 0 Å². The zero-order valence-corrected chi connectivity index (χ0v) is 20.2. The highest BCUT2D eigenvalue weighted by Gasteiger charge is 2.35. The Balaban J connectivity index is 0.00000364. The Morgan fingerprint density at radius 1 is 1.11 bits per heavy atom. The van der Waals surface area contributed by atoms with E-state index in [2.05, 4.69) is 38.3 Å². The molecule has 2 N–H and O–H groups in total. The monoisotopic (exact) mass is 495 g/mol. The van der Waals surface area contributed by atoms with E-state index in [9.17, 15) is 0 Å². The maximum Gasteiger partial charge on any atom is 0.191 e. The lowest BCUT2D eigenvalue weighted by molar-refractivity contribution is -0.0823. The number of nitrogens with zero attached hydrogens (tertiary/aromatic N) is 1. The van der Waals surface area contributed by atoms with Gasteiger partial charge >= 0.3 is 0 Å². The van der Waals surface area contributed by atoms with Gasteiger partial charge < -0.3 is 20.1 Å². The van der Waals surface area contributed by atoms with Crippen LogP contribution in [0.25, 0.3) is 0 Å². The van der Waals surface area contributed by atoms with Crippen molar-refractivity contribution < 1.29 is 9.47 Å². The number of aliphatic imine (C=N–C) groups is 1. The summed E-state index contributed by atoms with van der Waals surface area (Å²) in [4.78, 5) is 4.85. The predicted octanol–water partition coefficient (Wildman–Crippen LogP) is 4.35. The molecule has 2 atom stereocenters. The second kappa shape index (κ2) is 13.2. The van der Waals surface area contributed by atoms with Crippen LogP contribution < -0.4 is 10.6 Å². The second-order valence-electron chi connectivity index (χ2n) is 8.84. The quantitative estimate of drug-likeness (QED) is 0.228. The molecule has 1 heterocycles. The molecule has 1 aliphatic heterocycles. The second-order valence-corrected chi connectivity index (χ2v) is 8.84. The van der Waals surface area contributed by atoms with Crippen molar-refractivity contribution in [1.82, 2.24) is 10.6 Å². The summed E-state index contributed by atoms with van der Waals surface area (Å²) in [7, 11) is 0. The molecule has 0 aromatic carbocycles. The van der Waals surface area contributed by atoms with Crippen molar-refractivity contribution in [3.05, 3.63) is 0 Å². The van der Waals surface area contributed by atoms with E-state index in [1.165, 1.54) is 32.1 Å². The van der Waals surface area contributed by atoms with E-state index in [4.69, 9.17) is 14.5 Å². The van der Waals surface area contributed by atoms with Crippen molar-refractivity contribution in [1.29, 1.82) is 0 Å². The molecule has 27 heavy (non-hydrogen) atoms. The Kier molecular flexibility index (Phi) is 12.2. The SMILES string of the molecule is CCNC(=NCC1CCCOC1C(C)(C)C)NCCCOC1CCCC1.I. The van der Waals surface area contributed by atoms with Crippen LogP contribution in [-0.2, 0) is 9.47 Å². The van der Waals surface area contributed by atoms with Crippen LogP contribution in [0, 0.1) is 11.3 Å². The molecule has 2 rings (SSSR count). The fraction of sp³-hybridized carbons (Fsp3) is 0.952. The lowest BCUT2D eigenvalue weighted by Crippen LogP contribution is -2.43. The first kappa shape index (κ1) is 25.0. The minimum absolute atomic E-state index is 0. The summed E-state index contributed by atoms with van der Waals surface area (Å²) >= 11 is 0. The third kappa shape index (κ3) is 9.31. The molecule has 0 aromatic heterocycles. The summed E-state index contributed by atoms with van der Waals surface area (Å²) in [5.74, 6) is 1.43. The first-order valence-electron chi connectivity index (χ1n) is 10.8. The van der Waals surface area contributed by atoms with Crippen LogP contribution in [0.1, 0.15) is 72.6 Å². The number of hydrogen-bond donors (Lipinski definition) is 2. The van der Waals surface area contributed by atoms with Gasteiger partial charge in [-0.05, 0) is 44.4 Å². The van der Waals surface area contributed by atoms with Gasteiger partial charge in [-0.25, -0.2) is 0 Å². The van der Waals surface area contributed by atoms with Crippen molar-refractivity contribution in [3.63, 3.8) is 0 Å². The number of guanidine groups is 1. The molecule has 0 aromatic rings. The van der Waals surface area contributed by atoms with Crippen molar-refractivity contribution in [2.75, 3.05) is 32.8 Å². The van der Waals surface area contributed by atoms with E-state index < -0.39 is 0 Å². The van der Waals surface area contributed by atoms with E-state index in [-0.39, 0.29) is 29.4 Å². The summed E-state index contributed by atoms with van der Waals surface area (Å²) in [6.45, 7) is 13.3. The Labute approximate surface area is 183 Å². The van der Waals surface area contributed by atoms with E-state index in [1.807, 2.05) is 0 Å². The Bertz CT molecular complexity index is 420. The van der Waals surface area contributed by atoms with Crippen molar-refractivity contribution in [3.8, 4) is 0 Å². The molecule has 6 heteroatoms. The summed E-state index contributed by atoms with van der Waals surface area (Å²) in [6.07, 6.45) is 9.35. The molecule has 160 valence electrons. The maximum atomic E-state index is 6.08. The van der Waals surface area contributed by atoms with Gasteiger partial charge in [0.15, 0.2) is 5.96 Å². The van der Waals surface area contributed by atoms with E-state index in [0.717, 1.165) is 51.6 Å². The molecule has 0 spiro atoms. The Morgan fingerprint density at radius 3 is 2.52 bits per heavy atom. The molecular weight excluding hydrogens is 453 g/mol. The fourth-order valence-corrected chi connectivity index (χ4v) is 4.12. The molecule has 0 amide bonds. The topological polar surface area (TPSA) is 54.9 Å². The van der Waals surface area contributed by atoms with Crippen molar-refractivity contribution >= 4 is 29.9 Å². The first-order valence-corrected chi connectivity index (χ1v) is 10.8.